The molecule has 0 atom stereocenters. The predicted octanol–water partition coefficient (Wildman–Crippen LogP) is 0.399. The standard InChI is InChI=1S/C32H42N6O10/c1-19(39)37-15-3-4-16-38(20(2)40)18-6-12-34-30(46)22-8-10-24(28(44)26(22)42)32(48)36-14-13-35-31(47)23-9-7-21(25(41)27(23)43)29(45)33-11-5-17-37/h7-10,41-44H,3-6,11-18H2,1-2H3,(H,33,45)(H,34,46)(H,35,47)(H,36,48). The summed E-state index contributed by atoms with van der Waals surface area (Å²) in [4.78, 5) is 78.1. The van der Waals surface area contributed by atoms with Gasteiger partial charge in [0.05, 0.1) is 22.3 Å². The maximum absolute atomic E-state index is 12.7. The third-order valence-corrected chi connectivity index (χ3v) is 7.75. The van der Waals surface area contributed by atoms with Gasteiger partial charge in [-0.05, 0) is 49.9 Å². The van der Waals surface area contributed by atoms with Crippen molar-refractivity contribution < 1.29 is 49.2 Å². The van der Waals surface area contributed by atoms with Gasteiger partial charge in [-0.15, -0.1) is 0 Å². The van der Waals surface area contributed by atoms with E-state index in [1.807, 2.05) is 0 Å². The fraction of sp³-hybridized carbons (Fsp3) is 0.438. The lowest BCUT2D eigenvalue weighted by Crippen LogP contribution is -2.35. The Labute approximate surface area is 277 Å². The lowest BCUT2D eigenvalue weighted by atomic mass is 10.1. The molecule has 16 heteroatoms. The number of rotatable bonds is 0. The van der Waals surface area contributed by atoms with E-state index in [4.69, 9.17) is 0 Å². The predicted molar refractivity (Wildman–Crippen MR) is 172 cm³/mol. The monoisotopic (exact) mass is 670 g/mol. The van der Waals surface area contributed by atoms with Crippen LogP contribution in [0.25, 0.3) is 0 Å². The normalized spacial score (nSPS) is 16.8. The van der Waals surface area contributed by atoms with Gasteiger partial charge < -0.3 is 51.5 Å². The third-order valence-electron chi connectivity index (χ3n) is 7.75. The molecule has 0 saturated carbocycles. The molecule has 2 aromatic carbocycles. The molecule has 5 rings (SSSR count). The van der Waals surface area contributed by atoms with Crippen LogP contribution < -0.4 is 21.3 Å². The maximum Gasteiger partial charge on any atom is 0.255 e. The van der Waals surface area contributed by atoms with Crippen LogP contribution in [0.15, 0.2) is 24.3 Å². The zero-order valence-corrected chi connectivity index (χ0v) is 26.9. The molecule has 48 heavy (non-hydrogen) atoms. The van der Waals surface area contributed by atoms with Crippen molar-refractivity contribution in [3.05, 3.63) is 46.5 Å². The molecule has 6 amide bonds. The molecule has 3 aliphatic heterocycles. The fourth-order valence-corrected chi connectivity index (χ4v) is 5.03. The van der Waals surface area contributed by atoms with E-state index in [9.17, 15) is 49.2 Å². The molecule has 0 saturated heterocycles. The number of hydrogen-bond donors (Lipinski definition) is 8. The second-order valence-corrected chi connectivity index (χ2v) is 11.2. The van der Waals surface area contributed by atoms with Gasteiger partial charge in [-0.25, -0.2) is 0 Å². The molecule has 0 aromatic heterocycles. The largest absolute Gasteiger partial charge is 0.504 e. The maximum atomic E-state index is 12.7. The second-order valence-electron chi connectivity index (χ2n) is 11.2. The van der Waals surface area contributed by atoms with E-state index in [-0.39, 0.29) is 60.2 Å². The molecule has 260 valence electrons. The molecule has 8 N–H and O–H groups in total. The molecule has 0 fully saturated rings. The molecule has 3 aliphatic rings. The quantitative estimate of drug-likeness (QED) is 0.180. The Kier molecular flexibility index (Phi) is 13.4. The number of nitrogens with one attached hydrogen (secondary N) is 4. The van der Waals surface area contributed by atoms with Crippen molar-refractivity contribution in [3.63, 3.8) is 0 Å². The number of hydrogen-bond acceptors (Lipinski definition) is 10. The van der Waals surface area contributed by atoms with Gasteiger partial charge >= 0.3 is 0 Å². The molecule has 0 unspecified atom stereocenters. The number of carbonyl (C=O) groups excluding carboxylic acids is 6. The van der Waals surface area contributed by atoms with Gasteiger partial charge in [-0.1, -0.05) is 0 Å². The Bertz CT molecular complexity index is 1430. The molecule has 16 nitrogen and oxygen atoms in total. The Morgan fingerprint density at radius 3 is 1.00 bits per heavy atom. The molecule has 0 aliphatic carbocycles. The number of phenolic OH excluding ortho intramolecular Hbond substituents is 4. The summed E-state index contributed by atoms with van der Waals surface area (Å²) in [5, 5.41) is 51.8. The van der Waals surface area contributed by atoms with Crippen molar-refractivity contribution in [1.82, 2.24) is 31.1 Å². The minimum Gasteiger partial charge on any atom is -0.504 e. The highest BCUT2D eigenvalue weighted by atomic mass is 16.3. The van der Waals surface area contributed by atoms with Crippen molar-refractivity contribution in [2.75, 3.05) is 52.4 Å². The van der Waals surface area contributed by atoms with Crippen LogP contribution in [0.3, 0.4) is 0 Å². The van der Waals surface area contributed by atoms with Crippen LogP contribution in [0, 0.1) is 0 Å². The summed E-state index contributed by atoms with van der Waals surface area (Å²) in [6.45, 7) is 4.46. The lowest BCUT2D eigenvalue weighted by Gasteiger charge is -2.24. The summed E-state index contributed by atoms with van der Waals surface area (Å²) in [5.41, 5.74) is -1.17. The first-order valence-corrected chi connectivity index (χ1v) is 15.6. The number of fused-ring (bicyclic) bond motifs is 2. The van der Waals surface area contributed by atoms with Gasteiger partial charge in [0.25, 0.3) is 23.6 Å². The molecule has 4 bridgehead atoms. The molecule has 3 heterocycles. The van der Waals surface area contributed by atoms with Crippen molar-refractivity contribution in [1.29, 1.82) is 0 Å². The zero-order valence-electron chi connectivity index (χ0n) is 26.9. The number of amides is 6. The molecule has 0 radical (unpaired) electrons. The topological polar surface area (TPSA) is 238 Å². The van der Waals surface area contributed by atoms with E-state index in [2.05, 4.69) is 21.3 Å². The summed E-state index contributed by atoms with van der Waals surface area (Å²) < 4.78 is 0. The van der Waals surface area contributed by atoms with Gasteiger partial charge in [0.2, 0.25) is 11.8 Å². The van der Waals surface area contributed by atoms with E-state index in [1.165, 1.54) is 26.0 Å². The summed E-state index contributed by atoms with van der Waals surface area (Å²) >= 11 is 0. The van der Waals surface area contributed by atoms with Gasteiger partial charge in [0, 0.05) is 66.2 Å². The second kappa shape index (κ2) is 17.4. The van der Waals surface area contributed by atoms with Gasteiger partial charge in [-0.3, -0.25) is 28.8 Å². The Morgan fingerprint density at radius 1 is 0.479 bits per heavy atom. The van der Waals surface area contributed by atoms with Gasteiger partial charge in [-0.2, -0.15) is 0 Å². The van der Waals surface area contributed by atoms with Crippen molar-refractivity contribution in [3.8, 4) is 23.0 Å². The highest BCUT2D eigenvalue weighted by Gasteiger charge is 2.23. The smallest absolute Gasteiger partial charge is 0.255 e. The average molecular weight is 671 g/mol. The number of benzene rings is 2. The summed E-state index contributed by atoms with van der Waals surface area (Å²) in [6, 6.07) is 4.65. The number of phenols is 4. The molecular formula is C32H42N6O10. The Hall–Kier alpha value is -5.54. The number of carbonyl (C=O) groups is 6. The van der Waals surface area contributed by atoms with Crippen molar-refractivity contribution in [2.24, 2.45) is 0 Å². The van der Waals surface area contributed by atoms with E-state index < -0.39 is 46.6 Å². The highest BCUT2D eigenvalue weighted by molar-refractivity contribution is 6.04. The third kappa shape index (κ3) is 9.73. The summed E-state index contributed by atoms with van der Waals surface area (Å²) in [6.07, 6.45) is 2.02. The van der Waals surface area contributed by atoms with Gasteiger partial charge in [0.15, 0.2) is 23.0 Å². The van der Waals surface area contributed by atoms with Crippen LogP contribution in [-0.4, -0.2) is 118 Å². The first-order valence-electron chi connectivity index (χ1n) is 15.6. The van der Waals surface area contributed by atoms with E-state index in [0.29, 0.717) is 51.9 Å². The van der Waals surface area contributed by atoms with Crippen LogP contribution in [0.4, 0.5) is 0 Å². The average Bonchev–Trinajstić information content (AvgIpc) is 3.04. The van der Waals surface area contributed by atoms with E-state index >= 15 is 0 Å². The van der Waals surface area contributed by atoms with Crippen LogP contribution in [-0.2, 0) is 9.59 Å². The SMILES string of the molecule is CC(=O)N1CCCCN(C(C)=O)CCCNC(=O)c2ccc(c(O)c2O)C(=O)NCCNC(=O)c2ccc(c(O)c2O)C(=O)NCCC1. The van der Waals surface area contributed by atoms with Crippen LogP contribution in [0.2, 0.25) is 0 Å². The molecular weight excluding hydrogens is 628 g/mol. The Morgan fingerprint density at radius 2 is 0.729 bits per heavy atom. The molecule has 2 aromatic rings. The zero-order chi connectivity index (χ0) is 35.4. The van der Waals surface area contributed by atoms with Crippen molar-refractivity contribution >= 4 is 35.4 Å². The molecule has 0 spiro atoms. The first kappa shape index (κ1) is 36.9. The summed E-state index contributed by atoms with van der Waals surface area (Å²) in [7, 11) is 0. The van der Waals surface area contributed by atoms with E-state index in [0.717, 1.165) is 12.1 Å². The van der Waals surface area contributed by atoms with Crippen LogP contribution in [0.5, 0.6) is 23.0 Å². The minimum absolute atomic E-state index is 0.140. The van der Waals surface area contributed by atoms with Crippen LogP contribution >= 0.6 is 0 Å². The van der Waals surface area contributed by atoms with Crippen molar-refractivity contribution in [2.45, 2.75) is 39.5 Å². The number of nitrogens with zero attached hydrogens (tertiary/aromatic N) is 2. The number of aromatic hydroxyl groups is 4. The fourth-order valence-electron chi connectivity index (χ4n) is 5.03. The lowest BCUT2D eigenvalue weighted by molar-refractivity contribution is -0.130. The highest BCUT2D eigenvalue weighted by Crippen LogP contribution is 2.33. The first-order chi connectivity index (χ1) is 22.8. The minimum atomic E-state index is -0.820. The summed E-state index contributed by atoms with van der Waals surface area (Å²) in [5.74, 6) is -6.56. The van der Waals surface area contributed by atoms with E-state index in [1.54, 1.807) is 9.80 Å². The van der Waals surface area contributed by atoms with Crippen LogP contribution in [0.1, 0.15) is 81.0 Å². The Balaban J connectivity index is 1.75. The van der Waals surface area contributed by atoms with Gasteiger partial charge in [0.1, 0.15) is 0 Å².